The van der Waals surface area contributed by atoms with Crippen molar-refractivity contribution in [2.45, 2.75) is 12.8 Å². The van der Waals surface area contributed by atoms with Crippen LogP contribution in [0.3, 0.4) is 0 Å². The molecule has 5 rings (SSSR count). The van der Waals surface area contributed by atoms with Crippen molar-refractivity contribution >= 4 is 40.0 Å². The van der Waals surface area contributed by atoms with Crippen LogP contribution in [-0.2, 0) is 17.6 Å². The quantitative estimate of drug-likeness (QED) is 0.439. The summed E-state index contributed by atoms with van der Waals surface area (Å²) in [4.78, 5) is 28.0. The third-order valence-corrected chi connectivity index (χ3v) is 6.03. The summed E-state index contributed by atoms with van der Waals surface area (Å²) >= 11 is 6.48. The summed E-state index contributed by atoms with van der Waals surface area (Å²) in [7, 11) is 1.27. The van der Waals surface area contributed by atoms with Gasteiger partial charge in [-0.05, 0) is 41.5 Å². The Morgan fingerprint density at radius 3 is 2.76 bits per heavy atom. The zero-order valence-electron chi connectivity index (χ0n) is 18.0. The van der Waals surface area contributed by atoms with Crippen LogP contribution in [-0.4, -0.2) is 29.2 Å². The smallest absolute Gasteiger partial charge is 0.412 e. The highest BCUT2D eigenvalue weighted by Gasteiger charge is 2.21. The summed E-state index contributed by atoms with van der Waals surface area (Å²) in [6.45, 7) is 0. The molecule has 2 N–H and O–H groups in total. The molecule has 0 saturated carbocycles. The van der Waals surface area contributed by atoms with E-state index in [9.17, 15) is 14.0 Å². The Kier molecular flexibility index (Phi) is 5.59. The molecule has 1 aromatic heterocycles. The fourth-order valence-electron chi connectivity index (χ4n) is 4.05. The fourth-order valence-corrected chi connectivity index (χ4v) is 4.33. The number of aliphatic imine (C=N–C) groups is 1. The first-order valence-electron chi connectivity index (χ1n) is 10.4. The van der Waals surface area contributed by atoms with E-state index < -0.39 is 11.9 Å². The number of halogens is 2. The molecular weight excluding hydrogens is 459 g/mol. The first kappa shape index (κ1) is 21.8. The summed E-state index contributed by atoms with van der Waals surface area (Å²) in [5, 5.41) is 11.0. The highest BCUT2D eigenvalue weighted by Crippen LogP contribution is 2.38. The number of alkyl carbamates (subject to hydrolysis) is 1. The number of amides is 1. The van der Waals surface area contributed by atoms with Crippen LogP contribution >= 0.6 is 11.6 Å². The number of carbonyl (C=O) groups excluding carboxylic acids is 1. The summed E-state index contributed by atoms with van der Waals surface area (Å²) in [6.07, 6.45) is 0.121. The normalized spacial score (nSPS) is 12.4. The van der Waals surface area contributed by atoms with Crippen molar-refractivity contribution in [3.63, 3.8) is 0 Å². The van der Waals surface area contributed by atoms with Crippen LogP contribution in [0, 0.1) is 5.82 Å². The van der Waals surface area contributed by atoms with Gasteiger partial charge in [0.1, 0.15) is 11.7 Å². The molecule has 1 amide bonds. The van der Waals surface area contributed by atoms with E-state index in [4.69, 9.17) is 11.6 Å². The maximum atomic E-state index is 14.9. The second kappa shape index (κ2) is 8.72. The number of aromatic amines is 1. The number of rotatable bonds is 3. The molecule has 9 heteroatoms. The average Bonchev–Trinajstić information content (AvgIpc) is 3.25. The van der Waals surface area contributed by atoms with Gasteiger partial charge in [-0.2, -0.15) is 5.10 Å². The topological polar surface area (TPSA) is 96.4 Å². The van der Waals surface area contributed by atoms with Gasteiger partial charge in [-0.25, -0.2) is 19.3 Å². The SMILES string of the molecule is COC(=O)NC1=Nc2cc(-c3cc(Cc4n[nH]c(=O)c5ccccc45)ccc3F)cc(Cl)c2C1. The average molecular weight is 477 g/mol. The molecule has 170 valence electrons. The van der Waals surface area contributed by atoms with Crippen LogP contribution in [0.4, 0.5) is 14.9 Å². The number of benzene rings is 3. The molecule has 4 aromatic rings. The van der Waals surface area contributed by atoms with E-state index in [0.717, 1.165) is 16.5 Å². The lowest BCUT2D eigenvalue weighted by Crippen LogP contribution is -2.30. The van der Waals surface area contributed by atoms with Crippen molar-refractivity contribution in [1.29, 1.82) is 0 Å². The van der Waals surface area contributed by atoms with E-state index in [1.54, 1.807) is 36.4 Å². The van der Waals surface area contributed by atoms with Crippen molar-refractivity contribution < 1.29 is 13.9 Å². The fraction of sp³-hybridized carbons (Fsp3) is 0.120. The monoisotopic (exact) mass is 476 g/mol. The first-order chi connectivity index (χ1) is 16.4. The third-order valence-electron chi connectivity index (χ3n) is 5.69. The van der Waals surface area contributed by atoms with Crippen LogP contribution in [0.1, 0.15) is 16.8 Å². The van der Waals surface area contributed by atoms with Gasteiger partial charge >= 0.3 is 6.09 Å². The standard InChI is InChI=1S/C25H18ClFN4O3/c1-34-25(33)29-23-12-18-19(26)10-14(11-21(18)28-23)17-8-13(6-7-20(17)27)9-22-15-4-2-3-5-16(15)24(32)31-30-22/h2-8,10-11H,9,12H2,1H3,(H,31,32)(H,28,29,33). The van der Waals surface area contributed by atoms with E-state index in [1.807, 2.05) is 12.1 Å². The summed E-state index contributed by atoms with van der Waals surface area (Å²) in [5.41, 5.74) is 3.47. The molecule has 0 aliphatic carbocycles. The van der Waals surface area contributed by atoms with Crippen molar-refractivity contribution in [1.82, 2.24) is 15.5 Å². The molecule has 0 spiro atoms. The van der Waals surface area contributed by atoms with Gasteiger partial charge in [0.15, 0.2) is 0 Å². The molecule has 0 atom stereocenters. The van der Waals surface area contributed by atoms with Crippen molar-refractivity contribution in [3.05, 3.63) is 92.6 Å². The molecule has 34 heavy (non-hydrogen) atoms. The van der Waals surface area contributed by atoms with Gasteiger partial charge < -0.3 is 4.74 Å². The molecule has 0 saturated heterocycles. The Labute approximate surface area is 198 Å². The van der Waals surface area contributed by atoms with Crippen LogP contribution in [0.15, 0.2) is 64.4 Å². The molecule has 0 radical (unpaired) electrons. The number of carbonyl (C=O) groups is 1. The molecule has 1 aliphatic rings. The van der Waals surface area contributed by atoms with Crippen molar-refractivity contribution in [2.24, 2.45) is 4.99 Å². The first-order valence-corrected chi connectivity index (χ1v) is 10.8. The van der Waals surface area contributed by atoms with E-state index in [2.05, 4.69) is 25.2 Å². The molecule has 7 nitrogen and oxygen atoms in total. The molecular formula is C25H18ClFN4O3. The Hall–Kier alpha value is -4.04. The lowest BCUT2D eigenvalue weighted by atomic mass is 9.97. The Balaban J connectivity index is 1.51. The number of hydrogen-bond donors (Lipinski definition) is 2. The lowest BCUT2D eigenvalue weighted by Gasteiger charge is -2.11. The maximum absolute atomic E-state index is 14.9. The number of methoxy groups -OCH3 is 1. The molecule has 0 unspecified atom stereocenters. The van der Waals surface area contributed by atoms with E-state index in [0.29, 0.717) is 51.6 Å². The predicted molar refractivity (Wildman–Crippen MR) is 128 cm³/mol. The minimum atomic E-state index is -0.620. The number of hydrogen-bond acceptors (Lipinski definition) is 5. The zero-order chi connectivity index (χ0) is 23.8. The third kappa shape index (κ3) is 4.04. The predicted octanol–water partition coefficient (Wildman–Crippen LogP) is 4.92. The Bertz CT molecular complexity index is 1550. The number of H-pyrrole nitrogens is 1. The van der Waals surface area contributed by atoms with Crippen molar-refractivity contribution in [3.8, 4) is 11.1 Å². The highest BCUT2D eigenvalue weighted by atomic mass is 35.5. The van der Waals surface area contributed by atoms with Crippen LogP contribution in [0.25, 0.3) is 21.9 Å². The Morgan fingerprint density at radius 2 is 1.97 bits per heavy atom. The molecule has 0 bridgehead atoms. The maximum Gasteiger partial charge on any atom is 0.412 e. The van der Waals surface area contributed by atoms with Gasteiger partial charge in [0, 0.05) is 34.4 Å². The molecule has 3 aromatic carbocycles. The van der Waals surface area contributed by atoms with Gasteiger partial charge in [-0.1, -0.05) is 35.9 Å². The van der Waals surface area contributed by atoms with E-state index in [1.165, 1.54) is 13.2 Å². The second-order valence-corrected chi connectivity index (χ2v) is 8.25. The Morgan fingerprint density at radius 1 is 1.18 bits per heavy atom. The van der Waals surface area contributed by atoms with Crippen molar-refractivity contribution in [2.75, 3.05) is 7.11 Å². The van der Waals surface area contributed by atoms with Gasteiger partial charge in [0.2, 0.25) is 0 Å². The number of nitrogens with zero attached hydrogens (tertiary/aromatic N) is 2. The van der Waals surface area contributed by atoms with Crippen LogP contribution in [0.5, 0.6) is 0 Å². The summed E-state index contributed by atoms with van der Waals surface area (Å²) in [5.74, 6) is 0.0000773. The minimum absolute atomic E-state index is 0.256. The van der Waals surface area contributed by atoms with E-state index in [-0.39, 0.29) is 5.56 Å². The summed E-state index contributed by atoms with van der Waals surface area (Å²) in [6, 6.07) is 15.5. The van der Waals surface area contributed by atoms with Gasteiger partial charge in [-0.15, -0.1) is 0 Å². The van der Waals surface area contributed by atoms with Crippen LogP contribution < -0.4 is 10.9 Å². The summed E-state index contributed by atoms with van der Waals surface area (Å²) < 4.78 is 19.5. The number of nitrogens with one attached hydrogen (secondary N) is 2. The van der Waals surface area contributed by atoms with Gasteiger partial charge in [-0.3, -0.25) is 10.1 Å². The lowest BCUT2D eigenvalue weighted by molar-refractivity contribution is 0.176. The van der Waals surface area contributed by atoms with E-state index >= 15 is 0 Å². The second-order valence-electron chi connectivity index (χ2n) is 7.84. The number of ether oxygens (including phenoxy) is 1. The van der Waals surface area contributed by atoms with Gasteiger partial charge in [0.05, 0.1) is 23.9 Å². The largest absolute Gasteiger partial charge is 0.453 e. The minimum Gasteiger partial charge on any atom is -0.453 e. The van der Waals surface area contributed by atoms with Crippen LogP contribution in [0.2, 0.25) is 5.02 Å². The number of amidine groups is 1. The van der Waals surface area contributed by atoms with Gasteiger partial charge in [0.25, 0.3) is 5.56 Å². The molecule has 2 heterocycles. The highest BCUT2D eigenvalue weighted by molar-refractivity contribution is 6.32. The molecule has 1 aliphatic heterocycles. The number of aromatic nitrogens is 2. The zero-order valence-corrected chi connectivity index (χ0v) is 18.7. The number of fused-ring (bicyclic) bond motifs is 2. The molecule has 0 fully saturated rings.